The fraction of sp³-hybridized carbons (Fsp3) is 0.250. The molecular formula is C24H21ClFNO4S2. The first-order chi connectivity index (χ1) is 15.7. The first-order valence-electron chi connectivity index (χ1n) is 10.4. The molecule has 2 aromatic carbocycles. The zero-order valence-electron chi connectivity index (χ0n) is 17.8. The van der Waals surface area contributed by atoms with Crippen LogP contribution in [-0.4, -0.2) is 38.1 Å². The highest BCUT2D eigenvalue weighted by atomic mass is 35.5. The summed E-state index contributed by atoms with van der Waals surface area (Å²) >= 11 is 6.97. The van der Waals surface area contributed by atoms with Gasteiger partial charge in [-0.25, -0.2) is 12.8 Å². The lowest BCUT2D eigenvalue weighted by molar-refractivity contribution is 0.0653. The van der Waals surface area contributed by atoms with Gasteiger partial charge >= 0.3 is 0 Å². The van der Waals surface area contributed by atoms with E-state index >= 15 is 0 Å². The summed E-state index contributed by atoms with van der Waals surface area (Å²) in [6.45, 7) is 2.43. The van der Waals surface area contributed by atoms with Crippen LogP contribution in [0, 0.1) is 18.7 Å². The molecule has 0 N–H and O–H groups in total. The summed E-state index contributed by atoms with van der Waals surface area (Å²) in [5.74, 6) is -0.908. The van der Waals surface area contributed by atoms with Crippen LogP contribution in [0.5, 0.6) is 0 Å². The summed E-state index contributed by atoms with van der Waals surface area (Å²) in [6, 6.07) is 11.4. The first-order valence-corrected chi connectivity index (χ1v) is 13.1. The van der Waals surface area contributed by atoms with Crippen molar-refractivity contribution in [2.75, 3.05) is 13.1 Å². The van der Waals surface area contributed by atoms with E-state index in [1.807, 2.05) is 0 Å². The monoisotopic (exact) mass is 505 g/mol. The van der Waals surface area contributed by atoms with Gasteiger partial charge in [0.2, 0.25) is 9.84 Å². The van der Waals surface area contributed by atoms with Crippen LogP contribution < -0.4 is 0 Å². The lowest BCUT2D eigenvalue weighted by Gasteiger charge is -2.31. The van der Waals surface area contributed by atoms with Crippen LogP contribution in [-0.2, 0) is 9.84 Å². The topological polar surface area (TPSA) is 71.5 Å². The van der Waals surface area contributed by atoms with Gasteiger partial charge in [-0.1, -0.05) is 11.6 Å². The predicted molar refractivity (Wildman–Crippen MR) is 125 cm³/mol. The van der Waals surface area contributed by atoms with Gasteiger partial charge in [-0.3, -0.25) is 9.59 Å². The van der Waals surface area contributed by atoms with Gasteiger partial charge in [0.1, 0.15) is 5.82 Å². The molecule has 0 radical (unpaired) electrons. The van der Waals surface area contributed by atoms with Crippen molar-refractivity contribution in [3.8, 4) is 0 Å². The fourth-order valence-electron chi connectivity index (χ4n) is 3.96. The molecule has 0 atom stereocenters. The number of sulfone groups is 1. The quantitative estimate of drug-likeness (QED) is 0.434. The number of ketones is 1. The number of rotatable bonds is 5. The number of amides is 1. The molecule has 2 heterocycles. The third-order valence-corrected chi connectivity index (χ3v) is 9.25. The standard InChI is InChI=1S/C24H21ClFNO4S2/c1-15-21(33(30,31)20-8-4-18(25)5-9-20)14-32-23(15)24(29)27-12-10-17(11-13-27)22(28)16-2-6-19(26)7-3-16/h2-9,14,17H,10-13H2,1H3. The van der Waals surface area contributed by atoms with Crippen LogP contribution in [0.3, 0.4) is 0 Å². The second-order valence-corrected chi connectivity index (χ2v) is 11.2. The molecule has 0 spiro atoms. The van der Waals surface area contributed by atoms with Gasteiger partial charge in [-0.15, -0.1) is 11.3 Å². The van der Waals surface area contributed by atoms with Crippen molar-refractivity contribution in [2.24, 2.45) is 5.92 Å². The van der Waals surface area contributed by atoms with Crippen LogP contribution >= 0.6 is 22.9 Å². The molecule has 1 amide bonds. The number of carbonyl (C=O) groups is 2. The SMILES string of the molecule is Cc1c(S(=O)(=O)c2ccc(Cl)cc2)csc1C(=O)N1CCC(C(=O)c2ccc(F)cc2)CC1. The largest absolute Gasteiger partial charge is 0.338 e. The van der Waals surface area contributed by atoms with Crippen LogP contribution in [0.15, 0.2) is 63.7 Å². The third kappa shape index (κ3) is 4.74. The Kier molecular flexibility index (Phi) is 6.70. The summed E-state index contributed by atoms with van der Waals surface area (Å²) in [4.78, 5) is 28.1. The van der Waals surface area contributed by atoms with Gasteiger partial charge in [-0.2, -0.15) is 0 Å². The summed E-state index contributed by atoms with van der Waals surface area (Å²) in [5.41, 5.74) is 0.886. The molecule has 1 aromatic heterocycles. The molecule has 5 nitrogen and oxygen atoms in total. The van der Waals surface area contributed by atoms with E-state index in [1.54, 1.807) is 11.8 Å². The minimum atomic E-state index is -3.77. The number of thiophene rings is 1. The normalized spacial score (nSPS) is 14.9. The molecule has 1 aliphatic rings. The average Bonchev–Trinajstić information content (AvgIpc) is 3.21. The predicted octanol–water partition coefficient (Wildman–Crippen LogP) is 5.42. The summed E-state index contributed by atoms with van der Waals surface area (Å²) in [5, 5.41) is 1.94. The van der Waals surface area contributed by atoms with Gasteiger partial charge in [0.25, 0.3) is 5.91 Å². The molecule has 9 heteroatoms. The van der Waals surface area contributed by atoms with Gasteiger partial charge in [0.15, 0.2) is 5.78 Å². The highest BCUT2D eigenvalue weighted by Gasteiger charge is 2.31. The number of benzene rings is 2. The zero-order chi connectivity index (χ0) is 23.8. The number of carbonyl (C=O) groups excluding carboxylic acids is 2. The van der Waals surface area contributed by atoms with Crippen LogP contribution in [0.1, 0.15) is 38.4 Å². The zero-order valence-corrected chi connectivity index (χ0v) is 20.1. The van der Waals surface area contributed by atoms with Crippen molar-refractivity contribution >= 4 is 44.5 Å². The minimum Gasteiger partial charge on any atom is -0.338 e. The van der Waals surface area contributed by atoms with Crippen molar-refractivity contribution in [2.45, 2.75) is 29.6 Å². The number of piperidine rings is 1. The highest BCUT2D eigenvalue weighted by molar-refractivity contribution is 7.91. The molecule has 33 heavy (non-hydrogen) atoms. The summed E-state index contributed by atoms with van der Waals surface area (Å²) in [6.07, 6.45) is 1.00. The van der Waals surface area contributed by atoms with E-state index in [9.17, 15) is 22.4 Å². The number of hydrogen-bond acceptors (Lipinski definition) is 5. The molecule has 0 aliphatic carbocycles. The van der Waals surface area contributed by atoms with Crippen molar-refractivity contribution in [1.29, 1.82) is 0 Å². The minimum absolute atomic E-state index is 0.0502. The van der Waals surface area contributed by atoms with E-state index in [-0.39, 0.29) is 27.4 Å². The van der Waals surface area contributed by atoms with Crippen molar-refractivity contribution in [1.82, 2.24) is 4.90 Å². The number of Topliss-reactive ketones (excluding diaryl/α,β-unsaturated/α-hetero) is 1. The van der Waals surface area contributed by atoms with E-state index in [1.165, 1.54) is 53.9 Å². The first kappa shape index (κ1) is 23.6. The second-order valence-electron chi connectivity index (χ2n) is 7.95. The lowest BCUT2D eigenvalue weighted by atomic mass is 9.89. The van der Waals surface area contributed by atoms with Gasteiger partial charge in [0.05, 0.1) is 14.7 Å². The third-order valence-electron chi connectivity index (χ3n) is 5.88. The van der Waals surface area contributed by atoms with Crippen molar-refractivity contribution in [3.63, 3.8) is 0 Å². The number of nitrogens with zero attached hydrogens (tertiary/aromatic N) is 1. The molecule has 172 valence electrons. The molecule has 1 fully saturated rings. The maximum Gasteiger partial charge on any atom is 0.264 e. The Morgan fingerprint density at radius 2 is 1.64 bits per heavy atom. The Morgan fingerprint density at radius 1 is 1.03 bits per heavy atom. The number of hydrogen-bond donors (Lipinski definition) is 0. The van der Waals surface area contributed by atoms with Crippen LogP contribution in [0.2, 0.25) is 5.02 Å². The van der Waals surface area contributed by atoms with E-state index < -0.39 is 15.7 Å². The average molecular weight is 506 g/mol. The number of likely N-dealkylation sites (tertiary alicyclic amines) is 1. The summed E-state index contributed by atoms with van der Waals surface area (Å²) < 4.78 is 39.2. The number of halogens is 2. The maximum atomic E-state index is 13.1. The van der Waals surface area contributed by atoms with E-state index in [4.69, 9.17) is 11.6 Å². The van der Waals surface area contributed by atoms with Crippen molar-refractivity contribution in [3.05, 3.63) is 80.8 Å². The van der Waals surface area contributed by atoms with Gasteiger partial charge in [-0.05, 0) is 73.9 Å². The Morgan fingerprint density at radius 3 is 2.24 bits per heavy atom. The molecule has 3 aromatic rings. The molecule has 4 rings (SSSR count). The molecule has 1 saturated heterocycles. The van der Waals surface area contributed by atoms with E-state index in [0.29, 0.717) is 47.0 Å². The van der Waals surface area contributed by atoms with E-state index in [0.717, 1.165) is 11.3 Å². The molecular weight excluding hydrogens is 485 g/mol. The Hall–Kier alpha value is -2.55. The van der Waals surface area contributed by atoms with Gasteiger partial charge in [0, 0.05) is 35.0 Å². The maximum absolute atomic E-state index is 13.1. The Balaban J connectivity index is 1.46. The molecule has 1 aliphatic heterocycles. The smallest absolute Gasteiger partial charge is 0.264 e. The lowest BCUT2D eigenvalue weighted by Crippen LogP contribution is -2.40. The summed E-state index contributed by atoms with van der Waals surface area (Å²) in [7, 11) is -3.77. The highest BCUT2D eigenvalue weighted by Crippen LogP contribution is 2.33. The second kappa shape index (κ2) is 9.37. The Labute approximate surface area is 200 Å². The Bertz CT molecular complexity index is 1290. The van der Waals surface area contributed by atoms with E-state index in [2.05, 4.69) is 0 Å². The fourth-order valence-corrected chi connectivity index (χ4v) is 6.97. The molecule has 0 unspecified atom stereocenters. The molecule has 0 bridgehead atoms. The van der Waals surface area contributed by atoms with Crippen LogP contribution in [0.4, 0.5) is 4.39 Å². The molecule has 0 saturated carbocycles. The van der Waals surface area contributed by atoms with Gasteiger partial charge < -0.3 is 4.90 Å². The van der Waals surface area contributed by atoms with Crippen LogP contribution in [0.25, 0.3) is 0 Å². The van der Waals surface area contributed by atoms with Crippen molar-refractivity contribution < 1.29 is 22.4 Å².